The van der Waals surface area contributed by atoms with Gasteiger partial charge in [0.2, 0.25) is 25.9 Å². The molecular weight excluding hydrogens is 792 g/mol. The zero-order chi connectivity index (χ0) is 38.8. The second-order valence-electron chi connectivity index (χ2n) is 13.9. The molecular formula is C31H37Cl2F3N6O9S2. The molecule has 0 unspecified atom stereocenters. The van der Waals surface area contributed by atoms with Gasteiger partial charge in [-0.2, -0.15) is 21.8 Å². The molecule has 0 spiro atoms. The van der Waals surface area contributed by atoms with Crippen LogP contribution >= 0.6 is 23.2 Å². The summed E-state index contributed by atoms with van der Waals surface area (Å²) < 4.78 is 111. The van der Waals surface area contributed by atoms with Crippen molar-refractivity contribution in [3.8, 4) is 5.75 Å². The molecule has 292 valence electrons. The zero-order valence-electron chi connectivity index (χ0n) is 28.6. The number of nitrogen functional groups attached to an aromatic ring is 1. The molecule has 0 radical (unpaired) electrons. The number of phenolic OH excluding ortho intramolecular Hbond substituents is 1. The van der Waals surface area contributed by atoms with Crippen molar-refractivity contribution < 1.29 is 53.8 Å². The molecule has 3 aromatic rings. The number of hydrogen-bond donors (Lipinski definition) is 3. The lowest BCUT2D eigenvalue weighted by Crippen LogP contribution is -2.56. The van der Waals surface area contributed by atoms with Crippen molar-refractivity contribution in [3.05, 3.63) is 40.2 Å². The molecule has 0 saturated carbocycles. The molecule has 4 saturated heterocycles. The van der Waals surface area contributed by atoms with E-state index in [2.05, 4.69) is 10.3 Å². The molecule has 0 aliphatic carbocycles. The van der Waals surface area contributed by atoms with Gasteiger partial charge in [-0.25, -0.2) is 21.8 Å². The number of nitrogens with zero attached hydrogens (tertiary/aromatic N) is 4. The summed E-state index contributed by atoms with van der Waals surface area (Å²) in [5, 5.41) is 13.0. The van der Waals surface area contributed by atoms with Crippen LogP contribution in [0.4, 0.5) is 18.9 Å². The topological polar surface area (TPSA) is 198 Å². The molecule has 1 aromatic heterocycles. The molecule has 53 heavy (non-hydrogen) atoms. The maximum Gasteiger partial charge on any atom is 0.471 e. The first-order valence-corrected chi connectivity index (χ1v) is 20.0. The van der Waals surface area contributed by atoms with E-state index < -0.39 is 55.4 Å². The van der Waals surface area contributed by atoms with E-state index in [4.69, 9.17) is 42.8 Å². The summed E-state index contributed by atoms with van der Waals surface area (Å²) in [6.07, 6.45) is -6.13. The summed E-state index contributed by atoms with van der Waals surface area (Å²) in [7, 11) is -8.23. The summed E-state index contributed by atoms with van der Waals surface area (Å²) in [5.74, 6) is -2.21. The zero-order valence-corrected chi connectivity index (χ0v) is 31.7. The van der Waals surface area contributed by atoms with E-state index in [1.807, 2.05) is 20.8 Å². The van der Waals surface area contributed by atoms with E-state index in [1.54, 1.807) is 0 Å². The second kappa shape index (κ2) is 14.3. The number of fused-ring (bicyclic) bond motifs is 3. The standard InChI is InChI=1S/C19H21ClF3N3O5S.C12H16ClN3O4S/c1-18(2,3)16-24-11-5-4-10(20)15(14(11)31-16)32(28,29)25-8-12-13(9-25)30-7-6-26(12)17(27)19(21,22)23;13-7-1-2-8(14)11(17)12(7)21(18,19)16-5-9-10(6-16)20-4-3-15-9/h4-5,12-13H,6-9H2,1-3H3;1-2,9-10,15,17H,3-6,14H2/t12-,13-;9-,10-/m11/s1. The van der Waals surface area contributed by atoms with Gasteiger partial charge in [0.25, 0.3) is 0 Å². The Kier molecular flexibility index (Phi) is 10.7. The molecule has 7 rings (SSSR count). The number of carbonyl (C=O) groups excluding carboxylic acids is 1. The molecule has 4 aliphatic heterocycles. The normalized spacial score (nSPS) is 24.5. The Morgan fingerprint density at radius 3 is 2.19 bits per heavy atom. The van der Waals surface area contributed by atoms with E-state index in [1.165, 1.54) is 28.6 Å². The van der Waals surface area contributed by atoms with Gasteiger partial charge in [-0.05, 0) is 24.3 Å². The predicted molar refractivity (Wildman–Crippen MR) is 186 cm³/mol. The van der Waals surface area contributed by atoms with Crippen molar-refractivity contribution in [2.24, 2.45) is 0 Å². The average Bonchev–Trinajstić information content (AvgIpc) is 3.83. The fraction of sp³-hybridized carbons (Fsp3) is 0.548. The van der Waals surface area contributed by atoms with Crippen LogP contribution in [0.25, 0.3) is 11.1 Å². The number of aromatic nitrogens is 1. The van der Waals surface area contributed by atoms with E-state index in [-0.39, 0.29) is 82.6 Å². The van der Waals surface area contributed by atoms with Gasteiger partial charge in [0, 0.05) is 50.7 Å². The summed E-state index contributed by atoms with van der Waals surface area (Å²) in [6, 6.07) is 4.53. The first-order chi connectivity index (χ1) is 24.6. The number of nitrogens with two attached hydrogens (primary N) is 1. The van der Waals surface area contributed by atoms with Crippen LogP contribution in [0.5, 0.6) is 5.75 Å². The largest absolute Gasteiger partial charge is 0.504 e. The SMILES string of the molecule is CC(C)(C)c1nc2ccc(Cl)c(S(=O)(=O)N3C[C@@H]4[C@@H](C3)OCCN4C(=O)C(F)(F)F)c2o1.Nc1ccc(Cl)c(S(=O)(=O)N2C[C@H]3NCCO[C@@H]3C2)c1O. The van der Waals surface area contributed by atoms with Crippen LogP contribution in [0.15, 0.2) is 38.5 Å². The number of phenols is 1. The van der Waals surface area contributed by atoms with Gasteiger partial charge >= 0.3 is 12.1 Å². The van der Waals surface area contributed by atoms with Crippen LogP contribution in [-0.2, 0) is 39.7 Å². The number of hydrogen-bond acceptors (Lipinski definition) is 12. The van der Waals surface area contributed by atoms with Crippen LogP contribution in [0, 0.1) is 0 Å². The highest BCUT2D eigenvalue weighted by molar-refractivity contribution is 7.89. The Morgan fingerprint density at radius 2 is 1.53 bits per heavy atom. The van der Waals surface area contributed by atoms with Crippen molar-refractivity contribution >= 4 is 65.9 Å². The highest BCUT2D eigenvalue weighted by atomic mass is 35.5. The molecule has 15 nitrogen and oxygen atoms in total. The van der Waals surface area contributed by atoms with E-state index in [0.29, 0.717) is 29.5 Å². The number of alkyl halides is 3. The van der Waals surface area contributed by atoms with Crippen molar-refractivity contribution in [2.45, 2.75) is 66.4 Å². The first-order valence-electron chi connectivity index (χ1n) is 16.3. The number of morpholine rings is 2. The van der Waals surface area contributed by atoms with Crippen LogP contribution in [0.1, 0.15) is 26.7 Å². The Morgan fingerprint density at radius 1 is 0.925 bits per heavy atom. The molecule has 4 N–H and O–H groups in total. The molecule has 4 atom stereocenters. The lowest BCUT2D eigenvalue weighted by Gasteiger charge is -2.37. The van der Waals surface area contributed by atoms with Gasteiger partial charge in [-0.3, -0.25) is 4.79 Å². The third-order valence-electron chi connectivity index (χ3n) is 9.26. The number of aromatic hydroxyl groups is 1. The van der Waals surface area contributed by atoms with Gasteiger partial charge < -0.3 is 34.9 Å². The van der Waals surface area contributed by atoms with Crippen molar-refractivity contribution in [2.75, 3.05) is 58.2 Å². The number of nitrogens with one attached hydrogen (secondary N) is 1. The lowest BCUT2D eigenvalue weighted by atomic mass is 9.97. The summed E-state index contributed by atoms with van der Waals surface area (Å²) in [5.41, 5.74) is 5.32. The number of halogens is 5. The number of rotatable bonds is 4. The molecule has 5 heterocycles. The number of benzene rings is 2. The minimum Gasteiger partial charge on any atom is -0.504 e. The molecule has 2 aromatic carbocycles. The van der Waals surface area contributed by atoms with Crippen molar-refractivity contribution in [3.63, 3.8) is 0 Å². The summed E-state index contributed by atoms with van der Waals surface area (Å²) >= 11 is 12.2. The maximum atomic E-state index is 13.5. The molecule has 1 amide bonds. The Bertz CT molecular complexity index is 2120. The quantitative estimate of drug-likeness (QED) is 0.257. The van der Waals surface area contributed by atoms with Gasteiger partial charge in [0.1, 0.15) is 15.3 Å². The van der Waals surface area contributed by atoms with Gasteiger partial charge in [-0.1, -0.05) is 44.0 Å². The third kappa shape index (κ3) is 7.53. The molecule has 4 aliphatic rings. The minimum absolute atomic E-state index is 0.0241. The minimum atomic E-state index is -5.06. The van der Waals surface area contributed by atoms with E-state index in [9.17, 15) is 39.9 Å². The van der Waals surface area contributed by atoms with Crippen LogP contribution in [0.3, 0.4) is 0 Å². The molecule has 4 fully saturated rings. The van der Waals surface area contributed by atoms with Gasteiger partial charge in [-0.15, -0.1) is 0 Å². The van der Waals surface area contributed by atoms with Crippen molar-refractivity contribution in [1.29, 1.82) is 0 Å². The smallest absolute Gasteiger partial charge is 0.471 e. The number of ether oxygens (including phenoxy) is 2. The molecule has 22 heteroatoms. The molecule has 0 bridgehead atoms. The average molecular weight is 830 g/mol. The predicted octanol–water partition coefficient (Wildman–Crippen LogP) is 2.93. The van der Waals surface area contributed by atoms with E-state index in [0.717, 1.165) is 4.31 Å². The maximum absolute atomic E-state index is 13.5. The Labute approximate surface area is 313 Å². The van der Waals surface area contributed by atoms with Gasteiger partial charge in [0.15, 0.2) is 11.3 Å². The monoisotopic (exact) mass is 828 g/mol. The summed E-state index contributed by atoms with van der Waals surface area (Å²) in [6.45, 7) is 6.32. The van der Waals surface area contributed by atoms with Crippen LogP contribution in [-0.4, -0.2) is 129 Å². The van der Waals surface area contributed by atoms with Crippen LogP contribution in [0.2, 0.25) is 10.0 Å². The Hall–Kier alpha value is -2.95. The van der Waals surface area contributed by atoms with E-state index >= 15 is 0 Å². The van der Waals surface area contributed by atoms with Crippen LogP contribution < -0.4 is 11.1 Å². The highest BCUT2D eigenvalue weighted by Crippen LogP contribution is 2.40. The summed E-state index contributed by atoms with van der Waals surface area (Å²) in [4.78, 5) is 16.2. The first kappa shape index (κ1) is 39.7. The second-order valence-corrected chi connectivity index (χ2v) is 18.5. The van der Waals surface area contributed by atoms with Crippen molar-refractivity contribution in [1.82, 2.24) is 23.8 Å². The number of amides is 1. The fourth-order valence-electron chi connectivity index (χ4n) is 6.59. The highest BCUT2D eigenvalue weighted by Gasteiger charge is 2.52. The third-order valence-corrected chi connectivity index (χ3v) is 13.9. The van der Waals surface area contributed by atoms with Gasteiger partial charge in [0.05, 0.1) is 47.2 Å². The number of carbonyl (C=O) groups is 1. The number of oxazole rings is 1. The lowest BCUT2D eigenvalue weighted by molar-refractivity contribution is -0.194. The Balaban J connectivity index is 0.000000198. The fourth-order valence-corrected chi connectivity index (χ4v) is 10.8. The number of anilines is 1. The number of sulfonamides is 2.